The van der Waals surface area contributed by atoms with Crippen molar-refractivity contribution in [2.75, 3.05) is 13.6 Å². The molecule has 1 heterocycles. The minimum atomic E-state index is -0.689. The van der Waals surface area contributed by atoms with Crippen LogP contribution in [0.4, 0.5) is 4.39 Å². The van der Waals surface area contributed by atoms with Gasteiger partial charge in [0.25, 0.3) is 5.91 Å². The number of nitrogens with zero attached hydrogens (tertiary/aromatic N) is 1. The van der Waals surface area contributed by atoms with Crippen molar-refractivity contribution in [2.45, 2.75) is 45.2 Å². The number of amides is 1. The lowest BCUT2D eigenvalue weighted by Gasteiger charge is -2.37. The third-order valence-electron chi connectivity index (χ3n) is 4.73. The van der Waals surface area contributed by atoms with E-state index in [1.54, 1.807) is 11.5 Å². The highest BCUT2D eigenvalue weighted by Crippen LogP contribution is 2.28. The van der Waals surface area contributed by atoms with E-state index in [1.165, 1.54) is 6.07 Å². The zero-order chi connectivity index (χ0) is 17.7. The molecule has 0 saturated carbocycles. The Bertz CT molecular complexity index is 619. The number of fused-ring (bicyclic) bond motifs is 1. The molecule has 1 aliphatic heterocycles. The molecule has 3 N–H and O–H groups in total. The van der Waals surface area contributed by atoms with E-state index in [0.717, 1.165) is 37.1 Å². The Morgan fingerprint density at radius 3 is 2.88 bits per heavy atom. The summed E-state index contributed by atoms with van der Waals surface area (Å²) in [6, 6.07) is 3.17. The first-order valence-corrected chi connectivity index (χ1v) is 8.35. The predicted molar refractivity (Wildman–Crippen MR) is 91.3 cm³/mol. The van der Waals surface area contributed by atoms with Crippen LogP contribution >= 0.6 is 0 Å². The smallest absolute Gasteiger partial charge is 0.274 e. The lowest BCUT2D eigenvalue weighted by molar-refractivity contribution is 0.0705. The normalized spacial score (nSPS) is 17.2. The second-order valence-corrected chi connectivity index (χ2v) is 6.23. The number of rotatable bonds is 7. The van der Waals surface area contributed by atoms with Gasteiger partial charge in [0.1, 0.15) is 5.82 Å². The van der Waals surface area contributed by atoms with Crippen molar-refractivity contribution in [2.24, 2.45) is 0 Å². The Hall–Kier alpha value is -1.92. The summed E-state index contributed by atoms with van der Waals surface area (Å²) in [6.07, 6.45) is 3.47. The van der Waals surface area contributed by atoms with E-state index < -0.39 is 5.91 Å². The van der Waals surface area contributed by atoms with Crippen molar-refractivity contribution in [3.05, 3.63) is 46.9 Å². The molecule has 0 fully saturated rings. The van der Waals surface area contributed by atoms with Gasteiger partial charge in [-0.05, 0) is 55.5 Å². The second-order valence-electron chi connectivity index (χ2n) is 6.23. The zero-order valence-electron chi connectivity index (χ0n) is 14.4. The summed E-state index contributed by atoms with van der Waals surface area (Å²) in [4.78, 5) is 13.9. The van der Waals surface area contributed by atoms with E-state index in [-0.39, 0.29) is 11.4 Å². The van der Waals surface area contributed by atoms with Crippen LogP contribution < -0.4 is 10.8 Å². The van der Waals surface area contributed by atoms with Gasteiger partial charge < -0.3 is 5.32 Å². The van der Waals surface area contributed by atoms with Crippen molar-refractivity contribution in [3.63, 3.8) is 0 Å². The summed E-state index contributed by atoms with van der Waals surface area (Å²) >= 11 is 0. The van der Waals surface area contributed by atoms with Crippen LogP contribution in [0.25, 0.3) is 0 Å². The first kappa shape index (κ1) is 18.4. The van der Waals surface area contributed by atoms with E-state index in [0.29, 0.717) is 24.6 Å². The van der Waals surface area contributed by atoms with E-state index in [2.05, 4.69) is 23.7 Å². The molecule has 1 aromatic carbocycles. The predicted octanol–water partition coefficient (Wildman–Crippen LogP) is 2.59. The summed E-state index contributed by atoms with van der Waals surface area (Å²) in [5.74, 6) is -1.06. The number of nitrogens with one attached hydrogen (secondary N) is 2. The summed E-state index contributed by atoms with van der Waals surface area (Å²) < 4.78 is 14.4. The quantitative estimate of drug-likeness (QED) is 0.529. The largest absolute Gasteiger partial charge is 0.392 e. The molecule has 0 aromatic heterocycles. The molecule has 0 radical (unpaired) electrons. The third-order valence-corrected chi connectivity index (χ3v) is 4.73. The topological polar surface area (TPSA) is 64.6 Å². The Balaban J connectivity index is 2.16. The molecule has 1 amide bonds. The van der Waals surface area contributed by atoms with Crippen LogP contribution in [0.2, 0.25) is 0 Å². The van der Waals surface area contributed by atoms with Crippen molar-refractivity contribution < 1.29 is 14.4 Å². The van der Waals surface area contributed by atoms with Gasteiger partial charge >= 0.3 is 0 Å². The van der Waals surface area contributed by atoms with Gasteiger partial charge in [-0.15, -0.1) is 0 Å². The lowest BCUT2D eigenvalue weighted by Crippen LogP contribution is -2.41. The Morgan fingerprint density at radius 1 is 1.50 bits per heavy atom. The fourth-order valence-electron chi connectivity index (χ4n) is 3.26. The molecule has 1 aliphatic rings. The van der Waals surface area contributed by atoms with Crippen molar-refractivity contribution >= 4 is 5.91 Å². The highest BCUT2D eigenvalue weighted by Gasteiger charge is 2.27. The number of carbonyl (C=O) groups excluding carboxylic acids is 1. The minimum absolute atomic E-state index is 0.146. The molecule has 24 heavy (non-hydrogen) atoms. The van der Waals surface area contributed by atoms with Gasteiger partial charge in [-0.1, -0.05) is 13.5 Å². The Morgan fingerprint density at radius 2 is 2.25 bits per heavy atom. The number of carbonyl (C=O) groups is 1. The molecule has 1 aromatic rings. The summed E-state index contributed by atoms with van der Waals surface area (Å²) in [7, 11) is 1.87. The van der Waals surface area contributed by atoms with Crippen LogP contribution in [-0.2, 0) is 13.0 Å². The monoisotopic (exact) mass is 335 g/mol. The fourth-order valence-corrected chi connectivity index (χ4v) is 3.26. The number of benzene rings is 1. The van der Waals surface area contributed by atoms with Gasteiger partial charge in [0.2, 0.25) is 0 Å². The van der Waals surface area contributed by atoms with Crippen molar-refractivity contribution in [3.8, 4) is 0 Å². The van der Waals surface area contributed by atoms with Gasteiger partial charge in [-0.25, -0.2) is 9.87 Å². The van der Waals surface area contributed by atoms with Gasteiger partial charge in [-0.3, -0.25) is 14.9 Å². The average Bonchev–Trinajstić information content (AvgIpc) is 2.60. The fraction of sp³-hybridized carbons (Fsp3) is 0.500. The van der Waals surface area contributed by atoms with Gasteiger partial charge in [0, 0.05) is 30.9 Å². The average molecular weight is 335 g/mol. The van der Waals surface area contributed by atoms with E-state index in [9.17, 15) is 9.18 Å². The van der Waals surface area contributed by atoms with Crippen LogP contribution in [0.3, 0.4) is 0 Å². The van der Waals surface area contributed by atoms with Crippen LogP contribution in [-0.4, -0.2) is 35.6 Å². The van der Waals surface area contributed by atoms with E-state index >= 15 is 0 Å². The summed E-state index contributed by atoms with van der Waals surface area (Å²) in [5, 5.41) is 11.8. The highest BCUT2D eigenvalue weighted by molar-refractivity contribution is 5.93. The molecule has 0 bridgehead atoms. The standard InChI is InChI=1S/C18H26FN3O2/c1-4-15-10-16-14(8-13(9-17(16)19)18(23)21-24)11-22(15)7-5-6-12(2)20-3/h8-9,15,20,24H,2,4-7,10-11H2,1,3H3,(H,21,23)/t15-/m1/s1. The lowest BCUT2D eigenvalue weighted by atomic mass is 9.90. The summed E-state index contributed by atoms with van der Waals surface area (Å²) in [6.45, 7) is 7.56. The maximum Gasteiger partial charge on any atom is 0.274 e. The van der Waals surface area contributed by atoms with Gasteiger partial charge in [0.15, 0.2) is 0 Å². The van der Waals surface area contributed by atoms with Crippen LogP contribution in [0.1, 0.15) is 47.7 Å². The van der Waals surface area contributed by atoms with Crippen molar-refractivity contribution in [1.29, 1.82) is 0 Å². The first-order chi connectivity index (χ1) is 11.5. The molecular weight excluding hydrogens is 309 g/mol. The van der Waals surface area contributed by atoms with E-state index in [1.807, 2.05) is 7.05 Å². The number of hydroxylamine groups is 1. The molecule has 132 valence electrons. The van der Waals surface area contributed by atoms with Crippen molar-refractivity contribution in [1.82, 2.24) is 15.7 Å². The number of hydrogen-bond acceptors (Lipinski definition) is 4. The van der Waals surface area contributed by atoms with Crippen LogP contribution in [0.5, 0.6) is 0 Å². The Labute approximate surface area is 142 Å². The second kappa shape index (κ2) is 8.26. The Kier molecular flexibility index (Phi) is 6.34. The number of halogens is 1. The molecule has 2 rings (SSSR count). The maximum absolute atomic E-state index is 14.4. The SMILES string of the molecule is C=C(CCCN1Cc2cc(C(=O)NO)cc(F)c2C[C@H]1CC)NC. The number of hydrogen-bond donors (Lipinski definition) is 3. The highest BCUT2D eigenvalue weighted by atomic mass is 19.1. The maximum atomic E-state index is 14.4. The summed E-state index contributed by atoms with van der Waals surface area (Å²) in [5.41, 5.74) is 4.23. The molecule has 6 heteroatoms. The minimum Gasteiger partial charge on any atom is -0.392 e. The van der Waals surface area contributed by atoms with E-state index in [4.69, 9.17) is 5.21 Å². The first-order valence-electron chi connectivity index (χ1n) is 8.35. The van der Waals surface area contributed by atoms with Crippen LogP contribution in [0, 0.1) is 5.82 Å². The van der Waals surface area contributed by atoms with Gasteiger partial charge in [0.05, 0.1) is 0 Å². The zero-order valence-corrected chi connectivity index (χ0v) is 14.4. The van der Waals surface area contributed by atoms with Crippen LogP contribution in [0.15, 0.2) is 24.4 Å². The molecule has 0 saturated heterocycles. The molecule has 0 unspecified atom stereocenters. The molecule has 5 nitrogen and oxygen atoms in total. The third kappa shape index (κ3) is 4.13. The molecule has 1 atom stereocenters. The molecule has 0 spiro atoms. The number of allylic oxidation sites excluding steroid dienone is 1. The molecule has 0 aliphatic carbocycles. The van der Waals surface area contributed by atoms with Gasteiger partial charge in [-0.2, -0.15) is 0 Å². The molecular formula is C18H26FN3O2.